The van der Waals surface area contributed by atoms with Crippen molar-refractivity contribution in [2.45, 2.75) is 32.7 Å². The first kappa shape index (κ1) is 26.9. The van der Waals surface area contributed by atoms with Crippen LogP contribution in [0, 0.1) is 12.7 Å². The largest absolute Gasteiger partial charge is 0.463 e. The van der Waals surface area contributed by atoms with Crippen LogP contribution >= 0.6 is 11.3 Å². The fraction of sp³-hybridized carbons (Fsp3) is 0.242. The fourth-order valence-electron chi connectivity index (χ4n) is 5.54. The molecular weight excluding hydrogens is 537 g/mol. The summed E-state index contributed by atoms with van der Waals surface area (Å²) in [5.41, 5.74) is 4.97. The van der Waals surface area contributed by atoms with E-state index in [0.717, 1.165) is 29.8 Å². The van der Waals surface area contributed by atoms with Crippen LogP contribution in [0.1, 0.15) is 48.1 Å². The number of esters is 1. The van der Waals surface area contributed by atoms with E-state index in [0.29, 0.717) is 20.6 Å². The first-order valence-electron chi connectivity index (χ1n) is 13.8. The van der Waals surface area contributed by atoms with Crippen LogP contribution < -0.4 is 19.8 Å². The highest BCUT2D eigenvalue weighted by atomic mass is 32.1. The molecule has 208 valence electrons. The van der Waals surface area contributed by atoms with E-state index in [1.807, 2.05) is 36.4 Å². The number of thiazole rings is 1. The van der Waals surface area contributed by atoms with E-state index in [2.05, 4.69) is 30.0 Å². The number of carbonyl (C=O) groups is 1. The Hall–Kier alpha value is -4.30. The first-order valence-corrected chi connectivity index (χ1v) is 14.7. The third-order valence-electron chi connectivity index (χ3n) is 7.57. The summed E-state index contributed by atoms with van der Waals surface area (Å²) in [6.45, 7) is 6.08. The second-order valence-electron chi connectivity index (χ2n) is 10.2. The van der Waals surface area contributed by atoms with Crippen molar-refractivity contribution in [3.63, 3.8) is 0 Å². The molecule has 2 aliphatic rings. The van der Waals surface area contributed by atoms with Gasteiger partial charge < -0.3 is 9.64 Å². The van der Waals surface area contributed by atoms with Crippen molar-refractivity contribution in [3.8, 4) is 0 Å². The van der Waals surface area contributed by atoms with Gasteiger partial charge in [-0.25, -0.2) is 14.2 Å². The number of nitrogens with zero attached hydrogens (tertiary/aromatic N) is 3. The average molecular weight is 568 g/mol. The number of hydrogen-bond donors (Lipinski definition) is 0. The quantitative estimate of drug-likeness (QED) is 0.308. The van der Waals surface area contributed by atoms with Gasteiger partial charge in [0.1, 0.15) is 5.82 Å². The maximum Gasteiger partial charge on any atom is 0.338 e. The standard InChI is InChI=1S/C33H30FN3O3S/c1-3-40-32(39)28-29(22-9-5-4-6-10-22)35-33-37(30(28)23-11-14-25(34)15-12-23)31(38)27(41-33)20-24-13-16-26(19-21(24)2)36-17-7-8-18-36/h4-6,9-16,19-20,30H,3,7-8,17-18H2,1-2H3/b27-20+/t30-/m0/s1. The number of benzene rings is 3. The molecule has 2 aliphatic heterocycles. The van der Waals surface area contributed by atoms with Gasteiger partial charge in [-0.2, -0.15) is 0 Å². The Labute approximate surface area is 241 Å². The second kappa shape index (κ2) is 11.3. The molecule has 3 heterocycles. The zero-order valence-electron chi connectivity index (χ0n) is 23.0. The van der Waals surface area contributed by atoms with Crippen molar-refractivity contribution in [2.24, 2.45) is 4.99 Å². The molecule has 0 amide bonds. The first-order chi connectivity index (χ1) is 19.9. The summed E-state index contributed by atoms with van der Waals surface area (Å²) in [7, 11) is 0. The minimum Gasteiger partial charge on any atom is -0.463 e. The molecule has 8 heteroatoms. The number of halogens is 1. The molecule has 0 unspecified atom stereocenters. The van der Waals surface area contributed by atoms with E-state index in [-0.39, 0.29) is 17.7 Å². The third-order valence-corrected chi connectivity index (χ3v) is 8.55. The van der Waals surface area contributed by atoms with Gasteiger partial charge in [0.15, 0.2) is 4.80 Å². The van der Waals surface area contributed by atoms with Crippen LogP contribution in [0.25, 0.3) is 11.8 Å². The second-order valence-corrected chi connectivity index (χ2v) is 11.2. The van der Waals surface area contributed by atoms with Gasteiger partial charge in [0.2, 0.25) is 0 Å². The van der Waals surface area contributed by atoms with E-state index < -0.39 is 17.8 Å². The molecular formula is C33H30FN3O3S. The highest BCUT2D eigenvalue weighted by Gasteiger charge is 2.35. The molecule has 1 aromatic heterocycles. The summed E-state index contributed by atoms with van der Waals surface area (Å²) in [6, 6.07) is 20.8. The van der Waals surface area contributed by atoms with Gasteiger partial charge in [-0.1, -0.05) is 59.9 Å². The SMILES string of the molecule is CCOC(=O)C1=C(c2ccccc2)N=c2s/c(=C/c3ccc(N4CCCC4)cc3C)c(=O)n2[C@H]1c1ccc(F)cc1. The molecule has 3 aromatic carbocycles. The number of hydrogen-bond acceptors (Lipinski definition) is 6. The number of rotatable bonds is 6. The molecule has 6 nitrogen and oxygen atoms in total. The fourth-order valence-corrected chi connectivity index (χ4v) is 6.53. The number of fused-ring (bicyclic) bond motifs is 1. The lowest BCUT2D eigenvalue weighted by Gasteiger charge is -2.25. The van der Waals surface area contributed by atoms with Crippen LogP contribution in [0.2, 0.25) is 0 Å². The van der Waals surface area contributed by atoms with Crippen molar-refractivity contribution in [1.82, 2.24) is 4.57 Å². The zero-order chi connectivity index (χ0) is 28.5. The van der Waals surface area contributed by atoms with Crippen LogP contribution in [-0.4, -0.2) is 30.2 Å². The zero-order valence-corrected chi connectivity index (χ0v) is 23.8. The molecule has 0 saturated carbocycles. The lowest BCUT2D eigenvalue weighted by molar-refractivity contribution is -0.138. The Morgan fingerprint density at radius 3 is 2.49 bits per heavy atom. The average Bonchev–Trinajstić information content (AvgIpc) is 3.63. The van der Waals surface area contributed by atoms with Crippen molar-refractivity contribution in [3.05, 3.63) is 126 Å². The molecule has 41 heavy (non-hydrogen) atoms. The Bertz CT molecular complexity index is 1820. The Kier molecular flexibility index (Phi) is 7.41. The summed E-state index contributed by atoms with van der Waals surface area (Å²) < 4.78 is 21.5. The van der Waals surface area contributed by atoms with Gasteiger partial charge >= 0.3 is 5.97 Å². The van der Waals surface area contributed by atoms with Crippen LogP contribution in [0.15, 0.2) is 88.2 Å². The Morgan fingerprint density at radius 2 is 1.80 bits per heavy atom. The number of carbonyl (C=O) groups excluding carboxylic acids is 1. The molecule has 0 bridgehead atoms. The summed E-state index contributed by atoms with van der Waals surface area (Å²) in [6.07, 6.45) is 4.30. The maximum atomic E-state index is 14.1. The summed E-state index contributed by atoms with van der Waals surface area (Å²) in [5.74, 6) is -0.967. The van der Waals surface area contributed by atoms with E-state index in [4.69, 9.17) is 9.73 Å². The molecule has 1 fully saturated rings. The van der Waals surface area contributed by atoms with Gasteiger partial charge in [0, 0.05) is 24.3 Å². The summed E-state index contributed by atoms with van der Waals surface area (Å²) >= 11 is 1.28. The highest BCUT2D eigenvalue weighted by molar-refractivity contribution is 7.07. The number of aromatic nitrogens is 1. The van der Waals surface area contributed by atoms with Crippen LogP contribution in [-0.2, 0) is 9.53 Å². The van der Waals surface area contributed by atoms with Gasteiger partial charge in [0.25, 0.3) is 5.56 Å². The topological polar surface area (TPSA) is 63.9 Å². The molecule has 0 radical (unpaired) electrons. The van der Waals surface area contributed by atoms with Crippen LogP contribution in [0.4, 0.5) is 10.1 Å². The molecule has 0 spiro atoms. The molecule has 4 aromatic rings. The van der Waals surface area contributed by atoms with E-state index in [1.54, 1.807) is 19.1 Å². The molecule has 1 saturated heterocycles. The summed E-state index contributed by atoms with van der Waals surface area (Å²) in [4.78, 5) is 35.3. The van der Waals surface area contributed by atoms with Crippen molar-refractivity contribution in [1.29, 1.82) is 0 Å². The highest BCUT2D eigenvalue weighted by Crippen LogP contribution is 2.35. The molecule has 0 N–H and O–H groups in total. The lowest BCUT2D eigenvalue weighted by atomic mass is 9.93. The van der Waals surface area contributed by atoms with E-state index >= 15 is 0 Å². The number of aryl methyl sites for hydroxylation is 1. The van der Waals surface area contributed by atoms with Gasteiger partial charge in [0.05, 0.1) is 28.5 Å². The summed E-state index contributed by atoms with van der Waals surface area (Å²) in [5, 5.41) is 0. The van der Waals surface area contributed by atoms with Gasteiger partial charge in [-0.3, -0.25) is 9.36 Å². The van der Waals surface area contributed by atoms with Gasteiger partial charge in [-0.15, -0.1) is 0 Å². The Balaban J connectivity index is 1.56. The predicted molar refractivity (Wildman–Crippen MR) is 160 cm³/mol. The number of anilines is 1. The Morgan fingerprint density at radius 1 is 1.07 bits per heavy atom. The molecule has 0 aliphatic carbocycles. The normalized spacial score (nSPS) is 17.0. The maximum absolute atomic E-state index is 14.1. The van der Waals surface area contributed by atoms with Gasteiger partial charge in [-0.05, 0) is 73.7 Å². The number of ether oxygens (including phenoxy) is 1. The van der Waals surface area contributed by atoms with Crippen molar-refractivity contribution in [2.75, 3.05) is 24.6 Å². The van der Waals surface area contributed by atoms with Crippen LogP contribution in [0.5, 0.6) is 0 Å². The van der Waals surface area contributed by atoms with Crippen molar-refractivity contribution >= 4 is 34.8 Å². The van der Waals surface area contributed by atoms with Crippen molar-refractivity contribution < 1.29 is 13.9 Å². The lowest BCUT2D eigenvalue weighted by Crippen LogP contribution is -2.40. The minimum atomic E-state index is -0.832. The minimum absolute atomic E-state index is 0.164. The molecule has 1 atom stereocenters. The van der Waals surface area contributed by atoms with E-state index in [9.17, 15) is 14.0 Å². The molecule has 6 rings (SSSR count). The third kappa shape index (κ3) is 5.15. The smallest absolute Gasteiger partial charge is 0.338 e. The predicted octanol–water partition coefficient (Wildman–Crippen LogP) is 4.98. The van der Waals surface area contributed by atoms with E-state index in [1.165, 1.54) is 46.6 Å². The van der Waals surface area contributed by atoms with Crippen LogP contribution in [0.3, 0.4) is 0 Å². The monoisotopic (exact) mass is 567 g/mol.